The second-order valence-electron chi connectivity index (χ2n) is 4.15. The Hall–Kier alpha value is -2.64. The maximum Gasteiger partial charge on any atom is 0.257 e. The molecule has 1 amide bonds. The molecule has 2 aromatic rings. The van der Waals surface area contributed by atoms with Crippen LogP contribution in [0.3, 0.4) is 0 Å². The monoisotopic (exact) mass is 266 g/mol. The highest BCUT2D eigenvalue weighted by atomic mass is 16.2. The third kappa shape index (κ3) is 3.44. The number of benzene rings is 1. The van der Waals surface area contributed by atoms with E-state index in [1.54, 1.807) is 24.3 Å². The lowest BCUT2D eigenvalue weighted by atomic mass is 10.1. The summed E-state index contributed by atoms with van der Waals surface area (Å²) in [5.74, 6) is 5.13. The highest BCUT2D eigenvalue weighted by molar-refractivity contribution is 6.04. The minimum absolute atomic E-state index is 0.218. The molecule has 20 heavy (non-hydrogen) atoms. The zero-order chi connectivity index (χ0) is 14.4. The Morgan fingerprint density at radius 1 is 1.30 bits per heavy atom. The summed E-state index contributed by atoms with van der Waals surface area (Å²) in [7, 11) is 0. The Balaban J connectivity index is 2.21. The van der Waals surface area contributed by atoms with Crippen molar-refractivity contribution in [2.45, 2.75) is 6.92 Å². The maximum atomic E-state index is 12.1. The van der Waals surface area contributed by atoms with Crippen molar-refractivity contribution in [2.24, 2.45) is 0 Å². The molecule has 0 aliphatic rings. The minimum atomic E-state index is -0.240. The van der Waals surface area contributed by atoms with E-state index in [0.717, 1.165) is 5.69 Å². The number of amides is 1. The van der Waals surface area contributed by atoms with Crippen LogP contribution < -0.4 is 5.32 Å². The van der Waals surface area contributed by atoms with Crippen LogP contribution in [-0.2, 0) is 0 Å². The van der Waals surface area contributed by atoms with Gasteiger partial charge in [0.1, 0.15) is 6.61 Å². The summed E-state index contributed by atoms with van der Waals surface area (Å²) < 4.78 is 0. The van der Waals surface area contributed by atoms with Gasteiger partial charge in [0.05, 0.1) is 11.3 Å². The average Bonchev–Trinajstić information content (AvgIpc) is 2.47. The van der Waals surface area contributed by atoms with Gasteiger partial charge >= 0.3 is 0 Å². The number of aliphatic hydroxyl groups is 1. The molecular weight excluding hydrogens is 252 g/mol. The van der Waals surface area contributed by atoms with Crippen molar-refractivity contribution in [3.8, 4) is 11.8 Å². The molecule has 0 fully saturated rings. The van der Waals surface area contributed by atoms with Crippen molar-refractivity contribution in [1.82, 2.24) is 4.98 Å². The van der Waals surface area contributed by atoms with Crippen LogP contribution >= 0.6 is 0 Å². The van der Waals surface area contributed by atoms with Crippen molar-refractivity contribution in [3.05, 3.63) is 59.4 Å². The third-order valence-electron chi connectivity index (χ3n) is 2.65. The van der Waals surface area contributed by atoms with Gasteiger partial charge in [-0.3, -0.25) is 9.78 Å². The summed E-state index contributed by atoms with van der Waals surface area (Å²) in [5.41, 5.74) is 2.62. The van der Waals surface area contributed by atoms with Gasteiger partial charge in [-0.05, 0) is 31.2 Å². The zero-order valence-electron chi connectivity index (χ0n) is 11.1. The summed E-state index contributed by atoms with van der Waals surface area (Å²) in [6, 6.07) is 10.7. The molecule has 0 unspecified atom stereocenters. The van der Waals surface area contributed by atoms with Gasteiger partial charge in [0, 0.05) is 17.5 Å². The lowest BCUT2D eigenvalue weighted by Gasteiger charge is -2.07. The number of carbonyl (C=O) groups is 1. The van der Waals surface area contributed by atoms with Crippen LogP contribution in [0.25, 0.3) is 0 Å². The second kappa shape index (κ2) is 6.50. The third-order valence-corrected chi connectivity index (χ3v) is 2.65. The number of aliphatic hydroxyl groups excluding tert-OH is 1. The van der Waals surface area contributed by atoms with E-state index < -0.39 is 0 Å². The van der Waals surface area contributed by atoms with Crippen LogP contribution in [0.15, 0.2) is 42.6 Å². The van der Waals surface area contributed by atoms with Crippen LogP contribution in [0, 0.1) is 18.8 Å². The molecule has 2 rings (SSSR count). The summed E-state index contributed by atoms with van der Waals surface area (Å²) in [6.45, 7) is 1.64. The summed E-state index contributed by atoms with van der Waals surface area (Å²) in [5, 5.41) is 11.5. The van der Waals surface area contributed by atoms with E-state index in [9.17, 15) is 4.79 Å². The fraction of sp³-hybridized carbons (Fsp3) is 0.125. The number of hydrogen-bond acceptors (Lipinski definition) is 3. The van der Waals surface area contributed by atoms with Crippen LogP contribution in [0.4, 0.5) is 5.69 Å². The Bertz CT molecular complexity index is 667. The average molecular weight is 266 g/mol. The molecule has 0 aliphatic heterocycles. The number of carbonyl (C=O) groups excluding carboxylic acids is 1. The SMILES string of the molecule is Cc1ccc(C(=O)Nc2ccccc2C#CCO)cn1. The molecule has 4 heteroatoms. The molecule has 100 valence electrons. The van der Waals surface area contributed by atoms with Gasteiger partial charge in [-0.25, -0.2) is 0 Å². The highest BCUT2D eigenvalue weighted by Crippen LogP contribution is 2.15. The van der Waals surface area contributed by atoms with Crippen molar-refractivity contribution in [1.29, 1.82) is 0 Å². The standard InChI is InChI=1S/C16H14N2O2/c1-12-8-9-14(11-17-12)16(20)18-15-7-3-2-5-13(15)6-4-10-19/h2-3,5,7-9,11,19H,10H2,1H3,(H,18,20). The molecule has 1 aromatic heterocycles. The molecule has 0 bridgehead atoms. The Labute approximate surface area is 117 Å². The molecule has 0 spiro atoms. The predicted octanol–water partition coefficient (Wildman–Crippen LogP) is 1.99. The summed E-state index contributed by atoms with van der Waals surface area (Å²) in [4.78, 5) is 16.2. The number of anilines is 1. The smallest absolute Gasteiger partial charge is 0.257 e. The number of rotatable bonds is 2. The van der Waals surface area contributed by atoms with Crippen LogP contribution in [0.2, 0.25) is 0 Å². The fourth-order valence-electron chi connectivity index (χ4n) is 1.63. The zero-order valence-corrected chi connectivity index (χ0v) is 11.1. The Kier molecular flexibility index (Phi) is 4.48. The molecule has 0 saturated carbocycles. The van der Waals surface area contributed by atoms with E-state index in [2.05, 4.69) is 22.1 Å². The molecule has 4 nitrogen and oxygen atoms in total. The first-order valence-electron chi connectivity index (χ1n) is 6.13. The van der Waals surface area contributed by atoms with Crippen LogP contribution in [0.1, 0.15) is 21.6 Å². The number of aryl methyl sites for hydroxylation is 1. The number of nitrogens with zero attached hydrogens (tertiary/aromatic N) is 1. The van der Waals surface area contributed by atoms with Gasteiger partial charge in [0.25, 0.3) is 5.91 Å². The van der Waals surface area contributed by atoms with Gasteiger partial charge in [0.15, 0.2) is 0 Å². The van der Waals surface area contributed by atoms with Crippen LogP contribution in [0.5, 0.6) is 0 Å². The lowest BCUT2D eigenvalue weighted by Crippen LogP contribution is -2.13. The number of aromatic nitrogens is 1. The molecule has 1 aromatic carbocycles. The summed E-state index contributed by atoms with van der Waals surface area (Å²) in [6.07, 6.45) is 1.53. The maximum absolute atomic E-state index is 12.1. The van der Waals surface area contributed by atoms with Gasteiger partial charge in [-0.2, -0.15) is 0 Å². The van der Waals surface area contributed by atoms with E-state index in [4.69, 9.17) is 5.11 Å². The Morgan fingerprint density at radius 2 is 2.10 bits per heavy atom. The highest BCUT2D eigenvalue weighted by Gasteiger charge is 2.08. The first-order valence-corrected chi connectivity index (χ1v) is 6.13. The molecule has 2 N–H and O–H groups in total. The first-order chi connectivity index (χ1) is 9.70. The molecule has 1 heterocycles. The van der Waals surface area contributed by atoms with Gasteiger partial charge in [0.2, 0.25) is 0 Å². The van der Waals surface area contributed by atoms with Gasteiger partial charge in [-0.1, -0.05) is 24.0 Å². The van der Waals surface area contributed by atoms with Crippen molar-refractivity contribution < 1.29 is 9.90 Å². The molecule has 0 atom stereocenters. The number of para-hydroxylation sites is 1. The Morgan fingerprint density at radius 3 is 2.80 bits per heavy atom. The predicted molar refractivity (Wildman–Crippen MR) is 77.3 cm³/mol. The number of nitrogens with one attached hydrogen (secondary N) is 1. The van der Waals surface area contributed by atoms with E-state index >= 15 is 0 Å². The van der Waals surface area contributed by atoms with Crippen LogP contribution in [-0.4, -0.2) is 22.6 Å². The van der Waals surface area contributed by atoms with E-state index in [0.29, 0.717) is 16.8 Å². The topological polar surface area (TPSA) is 62.2 Å². The van der Waals surface area contributed by atoms with Gasteiger partial charge in [-0.15, -0.1) is 0 Å². The van der Waals surface area contributed by atoms with Crippen molar-refractivity contribution in [3.63, 3.8) is 0 Å². The van der Waals surface area contributed by atoms with E-state index in [1.807, 2.05) is 19.1 Å². The normalized spacial score (nSPS) is 9.50. The van der Waals surface area contributed by atoms with Gasteiger partial charge < -0.3 is 10.4 Å². The second-order valence-corrected chi connectivity index (χ2v) is 4.15. The van der Waals surface area contributed by atoms with Crippen molar-refractivity contribution in [2.75, 3.05) is 11.9 Å². The fourth-order valence-corrected chi connectivity index (χ4v) is 1.63. The molecular formula is C16H14N2O2. The molecule has 0 saturated heterocycles. The number of pyridine rings is 1. The van der Waals surface area contributed by atoms with E-state index in [-0.39, 0.29) is 12.5 Å². The quantitative estimate of drug-likeness (QED) is 0.817. The van der Waals surface area contributed by atoms with Crippen molar-refractivity contribution >= 4 is 11.6 Å². The number of hydrogen-bond donors (Lipinski definition) is 2. The minimum Gasteiger partial charge on any atom is -0.384 e. The van der Waals surface area contributed by atoms with E-state index in [1.165, 1.54) is 6.20 Å². The lowest BCUT2D eigenvalue weighted by molar-refractivity contribution is 0.102. The summed E-state index contributed by atoms with van der Waals surface area (Å²) >= 11 is 0. The molecule has 0 radical (unpaired) electrons. The largest absolute Gasteiger partial charge is 0.384 e. The first kappa shape index (κ1) is 13.8. The molecule has 0 aliphatic carbocycles.